The van der Waals surface area contributed by atoms with Gasteiger partial charge in [0.05, 0.1) is 0 Å². The molecule has 0 saturated heterocycles. The Bertz CT molecular complexity index is 520. The third kappa shape index (κ3) is 2.98. The topological polar surface area (TPSA) is 64.6 Å². The van der Waals surface area contributed by atoms with Crippen LogP contribution in [0.1, 0.15) is 5.56 Å². The Morgan fingerprint density at radius 2 is 2.06 bits per heavy atom. The number of ether oxygens (including phenoxy) is 2. The molecule has 0 atom stereocenters. The number of amides is 2. The van der Waals surface area contributed by atoms with Crippen molar-refractivity contribution >= 4 is 18.4 Å². The Morgan fingerprint density at radius 1 is 1.22 bits per heavy atom. The van der Waals surface area contributed by atoms with Gasteiger partial charge in [0.15, 0.2) is 11.5 Å². The molecule has 0 radical (unpaired) electrons. The van der Waals surface area contributed by atoms with Crippen molar-refractivity contribution in [2.75, 3.05) is 6.79 Å². The first-order valence-corrected chi connectivity index (χ1v) is 5.28. The van der Waals surface area contributed by atoms with E-state index in [2.05, 4.69) is 0 Å². The van der Waals surface area contributed by atoms with Crippen molar-refractivity contribution < 1.29 is 19.1 Å². The number of carbonyl (C=O) groups excluding carboxylic acids is 2. The van der Waals surface area contributed by atoms with E-state index in [1.165, 1.54) is 6.08 Å². The van der Waals surface area contributed by atoms with E-state index in [0.717, 1.165) is 11.3 Å². The summed E-state index contributed by atoms with van der Waals surface area (Å²) < 4.78 is 10.4. The van der Waals surface area contributed by atoms with Crippen LogP contribution in [0.3, 0.4) is 0 Å². The lowest BCUT2D eigenvalue weighted by Crippen LogP contribution is -2.17. The molecule has 0 saturated carbocycles. The van der Waals surface area contributed by atoms with Gasteiger partial charge in [0.2, 0.25) is 19.1 Å². The maximum atomic E-state index is 10.9. The van der Waals surface area contributed by atoms with E-state index in [4.69, 9.17) is 9.47 Å². The van der Waals surface area contributed by atoms with Gasteiger partial charge in [-0.15, -0.1) is 0 Å². The van der Waals surface area contributed by atoms with Crippen LogP contribution in [0, 0.1) is 0 Å². The smallest absolute Gasteiger partial charge is 0.250 e. The number of imide groups is 1. The van der Waals surface area contributed by atoms with E-state index >= 15 is 0 Å². The minimum absolute atomic E-state index is 0.244. The molecule has 0 unspecified atom stereocenters. The van der Waals surface area contributed by atoms with Crippen molar-refractivity contribution in [2.24, 2.45) is 0 Å². The normalized spacial score (nSPS) is 13.1. The van der Waals surface area contributed by atoms with Crippen LogP contribution in [-0.4, -0.2) is 19.1 Å². The Balaban J connectivity index is 1.97. The van der Waals surface area contributed by atoms with Gasteiger partial charge in [-0.3, -0.25) is 14.9 Å². The zero-order valence-electron chi connectivity index (χ0n) is 9.46. The second-order valence-electron chi connectivity index (χ2n) is 3.46. The number of hydrogen-bond acceptors (Lipinski definition) is 4. The van der Waals surface area contributed by atoms with Crippen molar-refractivity contribution in [3.63, 3.8) is 0 Å². The lowest BCUT2D eigenvalue weighted by Gasteiger charge is -1.96. The van der Waals surface area contributed by atoms with E-state index in [1.54, 1.807) is 12.2 Å². The van der Waals surface area contributed by atoms with Crippen LogP contribution in [0.4, 0.5) is 0 Å². The summed E-state index contributed by atoms with van der Waals surface area (Å²) >= 11 is 0. The fraction of sp³-hybridized carbons (Fsp3) is 0.0769. The number of rotatable bonds is 4. The van der Waals surface area contributed by atoms with E-state index in [1.807, 2.05) is 29.6 Å². The standard InChI is InChI=1S/C13H11NO4/c15-8-14-13(16)4-2-1-3-10-5-6-11-12(7-10)18-9-17-11/h1-8H,9H2,(H,14,15,16)/b3-1+,4-2+. The number of hydrogen-bond donors (Lipinski definition) is 1. The minimum Gasteiger partial charge on any atom is -0.454 e. The number of carbonyl (C=O) groups is 2. The largest absolute Gasteiger partial charge is 0.454 e. The first-order chi connectivity index (χ1) is 8.79. The maximum absolute atomic E-state index is 10.9. The lowest BCUT2D eigenvalue weighted by molar-refractivity contribution is -0.121. The zero-order valence-corrected chi connectivity index (χ0v) is 9.46. The molecule has 1 aromatic carbocycles. The van der Waals surface area contributed by atoms with Crippen molar-refractivity contribution in [3.8, 4) is 11.5 Å². The summed E-state index contributed by atoms with van der Waals surface area (Å²) in [5.41, 5.74) is 0.930. The van der Waals surface area contributed by atoms with Gasteiger partial charge in [-0.2, -0.15) is 0 Å². The molecule has 92 valence electrons. The zero-order chi connectivity index (χ0) is 12.8. The van der Waals surface area contributed by atoms with Crippen LogP contribution in [-0.2, 0) is 9.59 Å². The molecule has 1 aliphatic heterocycles. The number of benzene rings is 1. The van der Waals surface area contributed by atoms with Crippen molar-refractivity contribution in [2.45, 2.75) is 0 Å². The molecule has 2 amide bonds. The van der Waals surface area contributed by atoms with Crippen LogP contribution in [0.15, 0.2) is 36.4 Å². The molecule has 5 nitrogen and oxygen atoms in total. The SMILES string of the molecule is O=CNC(=O)/C=C/C=C/c1ccc2c(c1)OCO2. The highest BCUT2D eigenvalue weighted by Gasteiger charge is 2.11. The van der Waals surface area contributed by atoms with Gasteiger partial charge in [0, 0.05) is 6.08 Å². The Hall–Kier alpha value is -2.56. The van der Waals surface area contributed by atoms with Gasteiger partial charge in [-0.1, -0.05) is 24.3 Å². The van der Waals surface area contributed by atoms with Gasteiger partial charge in [0.1, 0.15) is 0 Å². The Labute approximate surface area is 104 Å². The predicted octanol–water partition coefficient (Wildman–Crippen LogP) is 1.26. The lowest BCUT2D eigenvalue weighted by atomic mass is 10.2. The van der Waals surface area contributed by atoms with E-state index in [9.17, 15) is 9.59 Å². The second kappa shape index (κ2) is 5.67. The summed E-state index contributed by atoms with van der Waals surface area (Å²) in [6.07, 6.45) is 6.66. The number of nitrogens with one attached hydrogen (secondary N) is 1. The highest BCUT2D eigenvalue weighted by Crippen LogP contribution is 2.32. The summed E-state index contributed by atoms with van der Waals surface area (Å²) in [6, 6.07) is 5.55. The van der Waals surface area contributed by atoms with Crippen LogP contribution in [0.25, 0.3) is 6.08 Å². The first-order valence-electron chi connectivity index (χ1n) is 5.28. The van der Waals surface area contributed by atoms with Crippen LogP contribution < -0.4 is 14.8 Å². The summed E-state index contributed by atoms with van der Waals surface area (Å²) in [5.74, 6) is 0.980. The molecule has 0 bridgehead atoms. The van der Waals surface area contributed by atoms with Crippen molar-refractivity contribution in [1.82, 2.24) is 5.32 Å². The summed E-state index contributed by atoms with van der Waals surface area (Å²) in [5, 5.41) is 2.00. The molecule has 5 heteroatoms. The Morgan fingerprint density at radius 3 is 2.89 bits per heavy atom. The molecule has 1 aliphatic rings. The van der Waals surface area contributed by atoms with Gasteiger partial charge in [0.25, 0.3) is 0 Å². The molecule has 0 fully saturated rings. The molecule has 0 spiro atoms. The van der Waals surface area contributed by atoms with Crippen molar-refractivity contribution in [1.29, 1.82) is 0 Å². The molecule has 0 aliphatic carbocycles. The highest BCUT2D eigenvalue weighted by molar-refractivity contribution is 5.94. The molecule has 2 rings (SSSR count). The van der Waals surface area contributed by atoms with E-state index in [-0.39, 0.29) is 6.79 Å². The van der Waals surface area contributed by atoms with Gasteiger partial charge < -0.3 is 9.47 Å². The average Bonchev–Trinajstić information content (AvgIpc) is 2.82. The van der Waals surface area contributed by atoms with Crippen LogP contribution >= 0.6 is 0 Å². The van der Waals surface area contributed by atoms with Gasteiger partial charge in [-0.25, -0.2) is 0 Å². The molecular weight excluding hydrogens is 234 g/mol. The molecule has 1 N–H and O–H groups in total. The minimum atomic E-state index is -0.458. The van der Waals surface area contributed by atoms with Crippen molar-refractivity contribution in [3.05, 3.63) is 42.0 Å². The fourth-order valence-electron chi connectivity index (χ4n) is 1.43. The third-order valence-electron chi connectivity index (χ3n) is 2.25. The number of fused-ring (bicyclic) bond motifs is 1. The van der Waals surface area contributed by atoms with E-state index < -0.39 is 5.91 Å². The molecule has 18 heavy (non-hydrogen) atoms. The molecule has 1 heterocycles. The summed E-state index contributed by atoms with van der Waals surface area (Å²) in [4.78, 5) is 20.9. The van der Waals surface area contributed by atoms with Gasteiger partial charge >= 0.3 is 0 Å². The first kappa shape index (κ1) is 11.9. The molecular formula is C13H11NO4. The maximum Gasteiger partial charge on any atom is 0.250 e. The Kier molecular flexibility index (Phi) is 3.76. The third-order valence-corrected chi connectivity index (χ3v) is 2.25. The summed E-state index contributed by atoms with van der Waals surface area (Å²) in [7, 11) is 0. The predicted molar refractivity (Wildman–Crippen MR) is 64.9 cm³/mol. The average molecular weight is 245 g/mol. The molecule has 0 aromatic heterocycles. The summed E-state index contributed by atoms with van der Waals surface area (Å²) in [6.45, 7) is 0.244. The van der Waals surface area contributed by atoms with Gasteiger partial charge in [-0.05, 0) is 17.7 Å². The quantitative estimate of drug-likeness (QED) is 0.492. The molecule has 1 aromatic rings. The highest BCUT2D eigenvalue weighted by atomic mass is 16.7. The fourth-order valence-corrected chi connectivity index (χ4v) is 1.43. The monoisotopic (exact) mass is 245 g/mol. The van der Waals surface area contributed by atoms with E-state index in [0.29, 0.717) is 12.2 Å². The second-order valence-corrected chi connectivity index (χ2v) is 3.46. The van der Waals surface area contributed by atoms with Crippen LogP contribution in [0.2, 0.25) is 0 Å². The van der Waals surface area contributed by atoms with Crippen LogP contribution in [0.5, 0.6) is 11.5 Å². The number of allylic oxidation sites excluding steroid dienone is 2.